The van der Waals surface area contributed by atoms with Gasteiger partial charge in [0.1, 0.15) is 6.10 Å². The van der Waals surface area contributed by atoms with Gasteiger partial charge < -0.3 is 24.7 Å². The summed E-state index contributed by atoms with van der Waals surface area (Å²) in [4.78, 5) is 16.3. The number of methoxy groups -OCH3 is 1. The van der Waals surface area contributed by atoms with E-state index in [0.717, 1.165) is 38.4 Å². The van der Waals surface area contributed by atoms with Crippen molar-refractivity contribution < 1.29 is 9.47 Å². The van der Waals surface area contributed by atoms with Gasteiger partial charge in [-0.3, -0.25) is 4.79 Å². The summed E-state index contributed by atoms with van der Waals surface area (Å²) in [5, 5.41) is 6.58. The number of aliphatic imine (C=N–C) groups is 1. The molecule has 0 aliphatic rings. The Balaban J connectivity index is 0.00000450. The molecule has 0 aliphatic heterocycles. The molecule has 0 aliphatic carbocycles. The van der Waals surface area contributed by atoms with Crippen LogP contribution in [0.4, 0.5) is 0 Å². The number of pyridine rings is 1. The predicted molar refractivity (Wildman–Crippen MR) is 132 cm³/mol. The minimum atomic E-state index is -0.0910. The summed E-state index contributed by atoms with van der Waals surface area (Å²) in [5.74, 6) is 2.19. The molecule has 0 amide bonds. The molecule has 166 valence electrons. The summed E-state index contributed by atoms with van der Waals surface area (Å²) in [7, 11) is 1.63. The average molecular weight is 528 g/mol. The summed E-state index contributed by atoms with van der Waals surface area (Å²) in [6, 6.07) is 12.8. The van der Waals surface area contributed by atoms with Crippen LogP contribution in [-0.4, -0.2) is 43.4 Å². The van der Waals surface area contributed by atoms with Crippen LogP contribution in [0.25, 0.3) is 0 Å². The van der Waals surface area contributed by atoms with Gasteiger partial charge >= 0.3 is 0 Å². The van der Waals surface area contributed by atoms with Gasteiger partial charge in [-0.25, -0.2) is 4.99 Å². The van der Waals surface area contributed by atoms with Crippen molar-refractivity contribution in [2.75, 3.05) is 26.7 Å². The lowest BCUT2D eigenvalue weighted by Crippen LogP contribution is -2.38. The van der Waals surface area contributed by atoms with Gasteiger partial charge in [0.15, 0.2) is 17.5 Å². The lowest BCUT2D eigenvalue weighted by atomic mass is 10.3. The number of unbranched alkanes of at least 4 members (excludes halogenated alkanes) is 1. The summed E-state index contributed by atoms with van der Waals surface area (Å²) in [6.07, 6.45) is 3.60. The number of aromatic nitrogens is 1. The van der Waals surface area contributed by atoms with Crippen molar-refractivity contribution in [1.82, 2.24) is 15.2 Å². The quantitative estimate of drug-likeness (QED) is 0.203. The molecule has 30 heavy (non-hydrogen) atoms. The first-order valence-corrected chi connectivity index (χ1v) is 10.1. The van der Waals surface area contributed by atoms with Gasteiger partial charge in [0.25, 0.3) is 0 Å². The summed E-state index contributed by atoms with van der Waals surface area (Å²) >= 11 is 0. The Kier molecular flexibility index (Phi) is 12.6. The number of aryl methyl sites for hydroxylation is 1. The number of ether oxygens (including phenoxy) is 2. The van der Waals surface area contributed by atoms with E-state index < -0.39 is 0 Å². The molecular weight excluding hydrogens is 495 g/mol. The highest BCUT2D eigenvalue weighted by Crippen LogP contribution is 2.26. The molecule has 0 radical (unpaired) electrons. The predicted octanol–water partition coefficient (Wildman–Crippen LogP) is 3.28. The Morgan fingerprint density at radius 1 is 1.10 bits per heavy atom. The minimum absolute atomic E-state index is 0. The van der Waals surface area contributed by atoms with E-state index in [1.54, 1.807) is 23.8 Å². The standard InChI is InChI=1S/C22H32N4O3.HI/c1-4-23-22(24-14-8-10-16-26-15-9-7-13-21(26)27)25-17-18(2)29-20-12-6-5-11-19(20)28-3;/h5-7,9,11-13,15,18H,4,8,10,14,16-17H2,1-3H3,(H2,23,24,25);1H. The molecule has 0 saturated heterocycles. The Morgan fingerprint density at radius 3 is 2.53 bits per heavy atom. The highest BCUT2D eigenvalue weighted by atomic mass is 127. The van der Waals surface area contributed by atoms with Gasteiger partial charge in [-0.1, -0.05) is 18.2 Å². The lowest BCUT2D eigenvalue weighted by Gasteiger charge is -2.16. The molecule has 2 rings (SSSR count). The van der Waals surface area contributed by atoms with Gasteiger partial charge in [-0.05, 0) is 44.9 Å². The van der Waals surface area contributed by atoms with E-state index in [-0.39, 0.29) is 35.6 Å². The molecular formula is C22H33IN4O3. The Labute approximate surface area is 195 Å². The first-order chi connectivity index (χ1) is 14.1. The van der Waals surface area contributed by atoms with Crippen LogP contribution in [0.15, 0.2) is 58.4 Å². The molecule has 7 nitrogen and oxygen atoms in total. The molecule has 2 N–H and O–H groups in total. The van der Waals surface area contributed by atoms with Gasteiger partial charge in [0.2, 0.25) is 5.56 Å². The second kappa shape index (κ2) is 14.7. The van der Waals surface area contributed by atoms with Gasteiger partial charge in [0.05, 0.1) is 13.7 Å². The number of guanidine groups is 1. The van der Waals surface area contributed by atoms with Crippen LogP contribution in [0.2, 0.25) is 0 Å². The highest BCUT2D eigenvalue weighted by Gasteiger charge is 2.08. The first kappa shape index (κ1) is 25.8. The molecule has 0 bridgehead atoms. The summed E-state index contributed by atoms with van der Waals surface area (Å²) < 4.78 is 13.0. The maximum Gasteiger partial charge on any atom is 0.250 e. The van der Waals surface area contributed by atoms with Crippen molar-refractivity contribution in [3.05, 3.63) is 59.0 Å². The first-order valence-electron chi connectivity index (χ1n) is 10.1. The van der Waals surface area contributed by atoms with Crippen molar-refractivity contribution >= 4 is 29.9 Å². The van der Waals surface area contributed by atoms with E-state index >= 15 is 0 Å². The maximum absolute atomic E-state index is 11.7. The van der Waals surface area contributed by atoms with Crippen LogP contribution in [-0.2, 0) is 6.54 Å². The van der Waals surface area contributed by atoms with Crippen LogP contribution >= 0.6 is 24.0 Å². The van der Waals surface area contributed by atoms with Crippen LogP contribution in [0.3, 0.4) is 0 Å². The van der Waals surface area contributed by atoms with E-state index in [1.807, 2.05) is 50.4 Å². The third-order valence-corrected chi connectivity index (χ3v) is 4.27. The lowest BCUT2D eigenvalue weighted by molar-refractivity contribution is 0.219. The second-order valence-corrected chi connectivity index (χ2v) is 6.67. The maximum atomic E-state index is 11.7. The van der Waals surface area contributed by atoms with E-state index in [2.05, 4.69) is 15.6 Å². The van der Waals surface area contributed by atoms with Gasteiger partial charge in [-0.15, -0.1) is 24.0 Å². The van der Waals surface area contributed by atoms with E-state index in [0.29, 0.717) is 18.0 Å². The molecule has 8 heteroatoms. The van der Waals surface area contributed by atoms with Crippen molar-refractivity contribution in [2.45, 2.75) is 39.3 Å². The molecule has 1 aromatic carbocycles. The monoisotopic (exact) mass is 528 g/mol. The molecule has 1 aromatic heterocycles. The van der Waals surface area contributed by atoms with Crippen LogP contribution in [0.1, 0.15) is 26.7 Å². The number of benzene rings is 1. The van der Waals surface area contributed by atoms with Gasteiger partial charge in [-0.2, -0.15) is 0 Å². The van der Waals surface area contributed by atoms with Crippen molar-refractivity contribution in [3.63, 3.8) is 0 Å². The zero-order valence-corrected chi connectivity index (χ0v) is 20.3. The largest absolute Gasteiger partial charge is 0.493 e. The Hall–Kier alpha value is -2.23. The smallest absolute Gasteiger partial charge is 0.250 e. The normalized spacial score (nSPS) is 11.9. The average Bonchev–Trinajstić information content (AvgIpc) is 2.73. The fourth-order valence-electron chi connectivity index (χ4n) is 2.79. The fraction of sp³-hybridized carbons (Fsp3) is 0.455. The minimum Gasteiger partial charge on any atom is -0.493 e. The molecule has 0 spiro atoms. The zero-order valence-electron chi connectivity index (χ0n) is 18.0. The van der Waals surface area contributed by atoms with Crippen molar-refractivity contribution in [1.29, 1.82) is 0 Å². The number of nitrogens with one attached hydrogen (secondary N) is 2. The number of hydrogen-bond acceptors (Lipinski definition) is 4. The highest BCUT2D eigenvalue weighted by molar-refractivity contribution is 14.0. The molecule has 1 atom stereocenters. The molecule has 2 aromatic rings. The zero-order chi connectivity index (χ0) is 20.9. The van der Waals surface area contributed by atoms with E-state index in [9.17, 15) is 4.79 Å². The third kappa shape index (κ3) is 9.06. The SMILES string of the molecule is CCNC(=NCC(C)Oc1ccccc1OC)NCCCCn1ccccc1=O.I. The Morgan fingerprint density at radius 2 is 1.83 bits per heavy atom. The molecule has 0 fully saturated rings. The molecule has 1 unspecified atom stereocenters. The van der Waals surface area contributed by atoms with Crippen molar-refractivity contribution in [3.8, 4) is 11.5 Å². The van der Waals surface area contributed by atoms with Crippen molar-refractivity contribution in [2.24, 2.45) is 4.99 Å². The molecule has 0 saturated carbocycles. The summed E-state index contributed by atoms with van der Waals surface area (Å²) in [5.41, 5.74) is 0.0411. The number of para-hydroxylation sites is 2. The van der Waals surface area contributed by atoms with Gasteiger partial charge in [0, 0.05) is 31.9 Å². The van der Waals surface area contributed by atoms with E-state index in [1.165, 1.54) is 0 Å². The summed E-state index contributed by atoms with van der Waals surface area (Å²) in [6.45, 7) is 6.83. The van der Waals surface area contributed by atoms with Crippen LogP contribution in [0, 0.1) is 0 Å². The molecule has 1 heterocycles. The van der Waals surface area contributed by atoms with E-state index in [4.69, 9.17) is 9.47 Å². The number of halogens is 1. The topological polar surface area (TPSA) is 76.9 Å². The third-order valence-electron chi connectivity index (χ3n) is 4.27. The number of hydrogen-bond donors (Lipinski definition) is 2. The van der Waals surface area contributed by atoms with Crippen LogP contribution < -0.4 is 25.7 Å². The number of rotatable bonds is 11. The fourth-order valence-corrected chi connectivity index (χ4v) is 2.79. The second-order valence-electron chi connectivity index (χ2n) is 6.67. The van der Waals surface area contributed by atoms with Crippen LogP contribution in [0.5, 0.6) is 11.5 Å². The Bertz CT molecular complexity index is 826. The number of nitrogens with zero attached hydrogens (tertiary/aromatic N) is 2.